The molecule has 0 aliphatic heterocycles. The Morgan fingerprint density at radius 1 is 1.16 bits per heavy atom. The summed E-state index contributed by atoms with van der Waals surface area (Å²) >= 11 is 0. The molecule has 0 spiro atoms. The van der Waals surface area contributed by atoms with Crippen LogP contribution < -0.4 is 15.4 Å². The smallest absolute Gasteiger partial charge is 0.131 e. The average molecular weight is 260 g/mol. The van der Waals surface area contributed by atoms with Crippen molar-refractivity contribution in [2.24, 2.45) is 0 Å². The maximum Gasteiger partial charge on any atom is 0.131 e. The largest absolute Gasteiger partial charge is 0.489 e. The highest BCUT2D eigenvalue weighted by Gasteiger charge is 2.07. The normalized spacial score (nSPS) is 10.3. The summed E-state index contributed by atoms with van der Waals surface area (Å²) in [6, 6.07) is 12.2. The van der Waals surface area contributed by atoms with Crippen molar-refractivity contribution < 1.29 is 9.13 Å². The summed E-state index contributed by atoms with van der Waals surface area (Å²) in [6.45, 7) is 0.120. The highest BCUT2D eigenvalue weighted by molar-refractivity contribution is 5.50. The lowest BCUT2D eigenvalue weighted by Gasteiger charge is -2.14. The summed E-state index contributed by atoms with van der Waals surface area (Å²) in [6.07, 6.45) is 0. The Morgan fingerprint density at radius 3 is 2.58 bits per heavy atom. The molecule has 19 heavy (non-hydrogen) atoms. The maximum absolute atomic E-state index is 13.6. The van der Waals surface area contributed by atoms with Crippen LogP contribution in [-0.2, 0) is 6.61 Å². The average Bonchev–Trinajstić information content (AvgIpc) is 2.38. The van der Waals surface area contributed by atoms with Crippen molar-refractivity contribution in [1.29, 1.82) is 0 Å². The number of halogens is 1. The van der Waals surface area contributed by atoms with Crippen LogP contribution >= 0.6 is 0 Å². The number of ether oxygens (including phenoxy) is 1. The molecule has 0 aliphatic rings. The van der Waals surface area contributed by atoms with Gasteiger partial charge in [-0.05, 0) is 24.3 Å². The Balaban J connectivity index is 2.12. The minimum atomic E-state index is -0.344. The standard InChI is InChI=1S/C15H17FN2O/c1-18(2)11-5-3-6-12(9-11)19-10-13-14(16)7-4-8-15(13)17/h3-9H,10,17H2,1-2H3. The fourth-order valence-corrected chi connectivity index (χ4v) is 1.73. The Bertz CT molecular complexity index is 550. The third-order valence-corrected chi connectivity index (χ3v) is 2.87. The van der Waals surface area contributed by atoms with Crippen molar-refractivity contribution in [3.05, 3.63) is 53.8 Å². The molecule has 2 N–H and O–H groups in total. The summed E-state index contributed by atoms with van der Waals surface area (Å²) in [5, 5.41) is 0. The SMILES string of the molecule is CN(C)c1cccc(OCc2c(N)cccc2F)c1. The molecule has 0 aliphatic carbocycles. The van der Waals surface area contributed by atoms with Crippen LogP contribution in [0.25, 0.3) is 0 Å². The van der Waals surface area contributed by atoms with Crippen LogP contribution in [0.4, 0.5) is 15.8 Å². The molecule has 0 saturated carbocycles. The van der Waals surface area contributed by atoms with Crippen LogP contribution in [-0.4, -0.2) is 14.1 Å². The second-order valence-corrected chi connectivity index (χ2v) is 4.49. The highest BCUT2D eigenvalue weighted by Crippen LogP contribution is 2.22. The second-order valence-electron chi connectivity index (χ2n) is 4.49. The molecular weight excluding hydrogens is 243 g/mol. The lowest BCUT2D eigenvalue weighted by atomic mass is 10.2. The van der Waals surface area contributed by atoms with Crippen molar-refractivity contribution in [3.63, 3.8) is 0 Å². The van der Waals surface area contributed by atoms with Crippen LogP contribution in [0.2, 0.25) is 0 Å². The maximum atomic E-state index is 13.6. The van der Waals surface area contributed by atoms with Crippen LogP contribution in [0.3, 0.4) is 0 Å². The lowest BCUT2D eigenvalue weighted by molar-refractivity contribution is 0.301. The van der Waals surface area contributed by atoms with Crippen molar-refractivity contribution in [2.75, 3.05) is 24.7 Å². The van der Waals surface area contributed by atoms with Gasteiger partial charge in [-0.2, -0.15) is 0 Å². The quantitative estimate of drug-likeness (QED) is 0.859. The van der Waals surface area contributed by atoms with Crippen LogP contribution in [0.1, 0.15) is 5.56 Å². The van der Waals surface area contributed by atoms with E-state index >= 15 is 0 Å². The van der Waals surface area contributed by atoms with Gasteiger partial charge in [0.2, 0.25) is 0 Å². The highest BCUT2D eigenvalue weighted by atomic mass is 19.1. The Morgan fingerprint density at radius 2 is 1.89 bits per heavy atom. The molecule has 0 heterocycles. The number of nitrogens with zero attached hydrogens (tertiary/aromatic N) is 1. The number of nitrogens with two attached hydrogens (primary N) is 1. The Labute approximate surface area is 112 Å². The molecule has 4 heteroatoms. The van der Waals surface area contributed by atoms with E-state index in [2.05, 4.69) is 0 Å². The van der Waals surface area contributed by atoms with Gasteiger partial charge in [-0.15, -0.1) is 0 Å². The number of anilines is 2. The van der Waals surface area contributed by atoms with E-state index in [9.17, 15) is 4.39 Å². The van der Waals surface area contributed by atoms with Gasteiger partial charge in [0.05, 0.1) is 0 Å². The topological polar surface area (TPSA) is 38.5 Å². The third-order valence-electron chi connectivity index (χ3n) is 2.87. The third kappa shape index (κ3) is 3.16. The van der Waals surface area contributed by atoms with Gasteiger partial charge in [0, 0.05) is 37.1 Å². The zero-order valence-corrected chi connectivity index (χ0v) is 11.1. The molecule has 100 valence electrons. The first-order valence-corrected chi connectivity index (χ1v) is 6.01. The summed E-state index contributed by atoms with van der Waals surface area (Å²) in [5.74, 6) is 0.345. The van der Waals surface area contributed by atoms with Crippen molar-refractivity contribution in [2.45, 2.75) is 6.61 Å². The van der Waals surface area contributed by atoms with Crippen LogP contribution in [0.15, 0.2) is 42.5 Å². The lowest BCUT2D eigenvalue weighted by Crippen LogP contribution is -2.08. The minimum absolute atomic E-state index is 0.120. The van der Waals surface area contributed by atoms with E-state index in [-0.39, 0.29) is 12.4 Å². The molecule has 3 nitrogen and oxygen atoms in total. The predicted molar refractivity (Wildman–Crippen MR) is 75.9 cm³/mol. The first-order valence-electron chi connectivity index (χ1n) is 6.01. The van der Waals surface area contributed by atoms with Gasteiger partial charge in [0.1, 0.15) is 18.2 Å². The molecule has 0 aromatic heterocycles. The Kier molecular flexibility index (Phi) is 3.90. The van der Waals surface area contributed by atoms with E-state index in [0.717, 1.165) is 5.69 Å². The van der Waals surface area contributed by atoms with E-state index in [0.29, 0.717) is 17.0 Å². The first kappa shape index (κ1) is 13.2. The second kappa shape index (κ2) is 5.61. The fourth-order valence-electron chi connectivity index (χ4n) is 1.73. The summed E-state index contributed by atoms with van der Waals surface area (Å²) < 4.78 is 19.2. The molecule has 0 saturated heterocycles. The van der Waals surface area contributed by atoms with Crippen molar-refractivity contribution in [3.8, 4) is 5.75 Å². The van der Waals surface area contributed by atoms with Gasteiger partial charge in [0.15, 0.2) is 0 Å². The number of benzene rings is 2. The van der Waals surface area contributed by atoms with Gasteiger partial charge in [-0.1, -0.05) is 12.1 Å². The molecule has 0 bridgehead atoms. The van der Waals surface area contributed by atoms with Crippen LogP contribution in [0, 0.1) is 5.82 Å². The molecule has 2 rings (SSSR count). The molecule has 2 aromatic rings. The molecule has 0 atom stereocenters. The number of hydrogen-bond acceptors (Lipinski definition) is 3. The van der Waals surface area contributed by atoms with E-state index in [4.69, 9.17) is 10.5 Å². The predicted octanol–water partition coefficient (Wildman–Crippen LogP) is 3.05. The fraction of sp³-hybridized carbons (Fsp3) is 0.200. The summed E-state index contributed by atoms with van der Waals surface area (Å²) in [7, 11) is 3.90. The van der Waals surface area contributed by atoms with E-state index in [1.807, 2.05) is 43.3 Å². The monoisotopic (exact) mass is 260 g/mol. The first-order chi connectivity index (χ1) is 9.08. The van der Waals surface area contributed by atoms with Crippen molar-refractivity contribution in [1.82, 2.24) is 0 Å². The molecule has 0 radical (unpaired) electrons. The van der Waals surface area contributed by atoms with Gasteiger partial charge in [-0.25, -0.2) is 4.39 Å². The van der Waals surface area contributed by atoms with Gasteiger partial charge in [0.25, 0.3) is 0 Å². The number of nitrogen functional groups attached to an aromatic ring is 1. The van der Waals surface area contributed by atoms with Gasteiger partial charge < -0.3 is 15.4 Å². The zero-order valence-electron chi connectivity index (χ0n) is 11.1. The summed E-state index contributed by atoms with van der Waals surface area (Å²) in [4.78, 5) is 1.98. The minimum Gasteiger partial charge on any atom is -0.489 e. The number of rotatable bonds is 4. The molecule has 0 fully saturated rings. The van der Waals surface area contributed by atoms with Gasteiger partial charge >= 0.3 is 0 Å². The molecule has 0 amide bonds. The molecule has 2 aromatic carbocycles. The number of hydrogen-bond donors (Lipinski definition) is 1. The van der Waals surface area contributed by atoms with Crippen LogP contribution in [0.5, 0.6) is 5.75 Å². The van der Waals surface area contributed by atoms with Gasteiger partial charge in [-0.3, -0.25) is 0 Å². The Hall–Kier alpha value is -2.23. The van der Waals surface area contributed by atoms with E-state index in [1.165, 1.54) is 6.07 Å². The van der Waals surface area contributed by atoms with E-state index < -0.39 is 0 Å². The molecule has 0 unspecified atom stereocenters. The molecular formula is C15H17FN2O. The zero-order chi connectivity index (χ0) is 13.8. The van der Waals surface area contributed by atoms with Crippen molar-refractivity contribution >= 4 is 11.4 Å². The summed E-state index contributed by atoms with van der Waals surface area (Å²) in [5.41, 5.74) is 7.56. The van der Waals surface area contributed by atoms with E-state index in [1.54, 1.807) is 12.1 Å².